The predicted molar refractivity (Wildman–Crippen MR) is 73.2 cm³/mol. The largest absolute Gasteiger partial charge is 0.352 e. The Labute approximate surface area is 110 Å². The van der Waals surface area contributed by atoms with Crippen molar-refractivity contribution < 1.29 is 4.79 Å². The lowest BCUT2D eigenvalue weighted by atomic mass is 10.0. The van der Waals surface area contributed by atoms with Crippen molar-refractivity contribution in [2.24, 2.45) is 11.7 Å². The first-order valence-electron chi connectivity index (χ1n) is 7.50. The number of nitrogens with two attached hydrogens (primary N) is 1. The van der Waals surface area contributed by atoms with E-state index in [0.717, 1.165) is 38.8 Å². The third-order valence-electron chi connectivity index (χ3n) is 4.47. The summed E-state index contributed by atoms with van der Waals surface area (Å²) in [6.45, 7) is 5.00. The van der Waals surface area contributed by atoms with Gasteiger partial charge in [0.2, 0.25) is 5.91 Å². The Kier molecular flexibility index (Phi) is 5.01. The number of nitrogens with zero attached hydrogens (tertiary/aromatic N) is 1. The first-order valence-corrected chi connectivity index (χ1v) is 7.50. The maximum absolute atomic E-state index is 12.4. The number of carbonyl (C=O) groups is 1. The van der Waals surface area contributed by atoms with Gasteiger partial charge >= 0.3 is 0 Å². The summed E-state index contributed by atoms with van der Waals surface area (Å²) in [7, 11) is 0. The maximum atomic E-state index is 12.4. The van der Waals surface area contributed by atoms with Crippen LogP contribution in [0.25, 0.3) is 0 Å². The van der Waals surface area contributed by atoms with Crippen molar-refractivity contribution in [2.75, 3.05) is 19.6 Å². The van der Waals surface area contributed by atoms with Crippen LogP contribution in [0.5, 0.6) is 0 Å². The lowest BCUT2D eigenvalue weighted by Crippen LogP contribution is -2.48. The molecule has 0 aromatic rings. The smallest absolute Gasteiger partial charge is 0.237 e. The van der Waals surface area contributed by atoms with Crippen LogP contribution in [0.3, 0.4) is 0 Å². The summed E-state index contributed by atoms with van der Waals surface area (Å²) in [6, 6.07) is 0.440. The molecule has 0 spiro atoms. The highest BCUT2D eigenvalue weighted by molar-refractivity contribution is 5.82. The molecule has 1 saturated heterocycles. The number of likely N-dealkylation sites (tertiary alicyclic amines) is 1. The summed E-state index contributed by atoms with van der Waals surface area (Å²) in [5.74, 6) is 0.737. The van der Waals surface area contributed by atoms with Crippen LogP contribution in [-0.2, 0) is 4.79 Å². The minimum absolute atomic E-state index is 0.115. The second-order valence-electron chi connectivity index (χ2n) is 5.74. The average Bonchev–Trinajstić information content (AvgIpc) is 2.98. The molecule has 3 atom stereocenters. The molecule has 2 fully saturated rings. The minimum atomic E-state index is 0.115. The number of carbonyl (C=O) groups excluding carboxylic acids is 1. The lowest BCUT2D eigenvalue weighted by Gasteiger charge is -2.26. The molecule has 4 heteroatoms. The van der Waals surface area contributed by atoms with Gasteiger partial charge in [-0.1, -0.05) is 13.3 Å². The summed E-state index contributed by atoms with van der Waals surface area (Å²) in [6.07, 6.45) is 6.78. The lowest BCUT2D eigenvalue weighted by molar-refractivity contribution is -0.126. The van der Waals surface area contributed by atoms with Crippen LogP contribution < -0.4 is 11.1 Å². The van der Waals surface area contributed by atoms with E-state index in [-0.39, 0.29) is 11.9 Å². The third-order valence-corrected chi connectivity index (χ3v) is 4.47. The fourth-order valence-electron chi connectivity index (χ4n) is 3.47. The second-order valence-corrected chi connectivity index (χ2v) is 5.74. The van der Waals surface area contributed by atoms with E-state index in [4.69, 9.17) is 5.73 Å². The molecule has 3 unspecified atom stereocenters. The molecule has 4 nitrogen and oxygen atoms in total. The van der Waals surface area contributed by atoms with Gasteiger partial charge in [0.25, 0.3) is 0 Å². The van der Waals surface area contributed by atoms with Crippen LogP contribution in [0, 0.1) is 5.92 Å². The van der Waals surface area contributed by atoms with Gasteiger partial charge in [0.1, 0.15) is 0 Å². The molecule has 1 amide bonds. The summed E-state index contributed by atoms with van der Waals surface area (Å²) in [5, 5.41) is 3.25. The zero-order valence-electron chi connectivity index (χ0n) is 11.5. The Bertz CT molecular complexity index is 282. The molecule has 2 aliphatic rings. The predicted octanol–water partition coefficient (Wildman–Crippen LogP) is 1.10. The van der Waals surface area contributed by atoms with Crippen LogP contribution in [-0.4, -0.2) is 42.5 Å². The van der Waals surface area contributed by atoms with Crippen LogP contribution in [0.1, 0.15) is 45.4 Å². The summed E-state index contributed by atoms with van der Waals surface area (Å²) >= 11 is 0. The van der Waals surface area contributed by atoms with Gasteiger partial charge in [-0.05, 0) is 57.7 Å². The quantitative estimate of drug-likeness (QED) is 0.771. The summed E-state index contributed by atoms with van der Waals surface area (Å²) < 4.78 is 0. The van der Waals surface area contributed by atoms with Crippen molar-refractivity contribution in [1.29, 1.82) is 0 Å². The Morgan fingerprint density at radius 1 is 1.33 bits per heavy atom. The first kappa shape index (κ1) is 13.8. The van der Waals surface area contributed by atoms with E-state index in [1.54, 1.807) is 0 Å². The van der Waals surface area contributed by atoms with Crippen molar-refractivity contribution in [3.05, 3.63) is 0 Å². The van der Waals surface area contributed by atoms with Gasteiger partial charge in [-0.15, -0.1) is 0 Å². The Morgan fingerprint density at radius 3 is 2.89 bits per heavy atom. The van der Waals surface area contributed by atoms with Crippen molar-refractivity contribution in [2.45, 2.75) is 57.5 Å². The average molecular weight is 253 g/mol. The molecule has 0 bridgehead atoms. The zero-order valence-corrected chi connectivity index (χ0v) is 11.5. The van der Waals surface area contributed by atoms with Gasteiger partial charge in [0.05, 0.1) is 6.04 Å². The molecule has 1 aliphatic heterocycles. The third kappa shape index (κ3) is 3.04. The molecule has 104 valence electrons. The van der Waals surface area contributed by atoms with E-state index in [9.17, 15) is 4.79 Å². The Hall–Kier alpha value is -0.610. The molecule has 1 saturated carbocycles. The monoisotopic (exact) mass is 253 g/mol. The van der Waals surface area contributed by atoms with Crippen LogP contribution >= 0.6 is 0 Å². The van der Waals surface area contributed by atoms with Gasteiger partial charge in [0, 0.05) is 6.04 Å². The number of rotatable bonds is 5. The SMILES string of the molecule is CCCN1CCCC1C(=O)NC1CCCC1CN. The number of nitrogens with one attached hydrogen (secondary N) is 1. The van der Waals surface area contributed by atoms with Crippen molar-refractivity contribution in [3.63, 3.8) is 0 Å². The number of hydrogen-bond acceptors (Lipinski definition) is 3. The first-order chi connectivity index (χ1) is 8.76. The molecule has 0 aromatic heterocycles. The highest BCUT2D eigenvalue weighted by Gasteiger charge is 2.33. The van der Waals surface area contributed by atoms with E-state index in [1.807, 2.05) is 0 Å². The van der Waals surface area contributed by atoms with E-state index < -0.39 is 0 Å². The van der Waals surface area contributed by atoms with Crippen molar-refractivity contribution in [3.8, 4) is 0 Å². The normalized spacial score (nSPS) is 32.9. The minimum Gasteiger partial charge on any atom is -0.352 e. The maximum Gasteiger partial charge on any atom is 0.237 e. The number of hydrogen-bond donors (Lipinski definition) is 2. The molecular formula is C14H27N3O. The summed E-state index contributed by atoms with van der Waals surface area (Å²) in [4.78, 5) is 14.7. The molecule has 18 heavy (non-hydrogen) atoms. The molecular weight excluding hydrogens is 226 g/mol. The van der Waals surface area contributed by atoms with Gasteiger partial charge in [-0.3, -0.25) is 9.69 Å². The Morgan fingerprint density at radius 2 is 2.17 bits per heavy atom. The highest BCUT2D eigenvalue weighted by atomic mass is 16.2. The van der Waals surface area contributed by atoms with Gasteiger partial charge in [0.15, 0.2) is 0 Å². The molecule has 1 heterocycles. The van der Waals surface area contributed by atoms with Crippen molar-refractivity contribution in [1.82, 2.24) is 10.2 Å². The Balaban J connectivity index is 1.87. The molecule has 1 aliphatic carbocycles. The molecule has 0 aromatic carbocycles. The van der Waals surface area contributed by atoms with Crippen LogP contribution in [0.2, 0.25) is 0 Å². The molecule has 2 rings (SSSR count). The fraction of sp³-hybridized carbons (Fsp3) is 0.929. The standard InChI is InChI=1S/C14H27N3O/c1-2-8-17-9-4-7-13(17)14(18)16-12-6-3-5-11(12)10-15/h11-13H,2-10,15H2,1H3,(H,16,18). The van der Waals surface area contributed by atoms with Gasteiger partial charge in [-0.25, -0.2) is 0 Å². The van der Waals surface area contributed by atoms with Crippen molar-refractivity contribution >= 4 is 5.91 Å². The van der Waals surface area contributed by atoms with Gasteiger partial charge in [-0.2, -0.15) is 0 Å². The van der Waals surface area contributed by atoms with E-state index in [0.29, 0.717) is 18.5 Å². The van der Waals surface area contributed by atoms with Crippen LogP contribution in [0.15, 0.2) is 0 Å². The number of amides is 1. The molecule has 3 N–H and O–H groups in total. The van der Waals surface area contributed by atoms with E-state index in [1.165, 1.54) is 12.8 Å². The fourth-order valence-corrected chi connectivity index (χ4v) is 3.47. The van der Waals surface area contributed by atoms with Gasteiger partial charge < -0.3 is 11.1 Å². The summed E-state index contributed by atoms with van der Waals surface area (Å²) in [5.41, 5.74) is 5.77. The van der Waals surface area contributed by atoms with E-state index in [2.05, 4.69) is 17.1 Å². The second kappa shape index (κ2) is 6.53. The molecule has 0 radical (unpaired) electrons. The van der Waals surface area contributed by atoms with E-state index >= 15 is 0 Å². The van der Waals surface area contributed by atoms with Crippen LogP contribution in [0.4, 0.5) is 0 Å². The zero-order chi connectivity index (χ0) is 13.0. The highest BCUT2D eigenvalue weighted by Crippen LogP contribution is 2.25. The topological polar surface area (TPSA) is 58.4 Å².